The minimum atomic E-state index is -0.115. The molecule has 2 aromatic heterocycles. The first-order chi connectivity index (χ1) is 12.6. The molecule has 8 nitrogen and oxygen atoms in total. The van der Waals surface area contributed by atoms with Crippen LogP contribution >= 0.6 is 0 Å². The molecule has 3 heterocycles. The fourth-order valence-corrected chi connectivity index (χ4v) is 3.74. The lowest BCUT2D eigenvalue weighted by Crippen LogP contribution is -2.46. The lowest BCUT2D eigenvalue weighted by atomic mass is 10.0. The number of likely N-dealkylation sites (tertiary alicyclic amines) is 1. The number of hydrogen-bond acceptors (Lipinski definition) is 5. The number of aryl methyl sites for hydroxylation is 2. The van der Waals surface area contributed by atoms with Gasteiger partial charge in [-0.15, -0.1) is 0 Å². The highest BCUT2D eigenvalue weighted by molar-refractivity contribution is 5.74. The Labute approximate surface area is 153 Å². The molecule has 2 fully saturated rings. The first kappa shape index (κ1) is 17.1. The Kier molecular flexibility index (Phi) is 4.42. The van der Waals surface area contributed by atoms with Gasteiger partial charge in [-0.05, 0) is 46.0 Å². The first-order valence-electron chi connectivity index (χ1n) is 9.39. The van der Waals surface area contributed by atoms with E-state index in [9.17, 15) is 4.79 Å². The summed E-state index contributed by atoms with van der Waals surface area (Å²) in [7, 11) is 0. The van der Waals surface area contributed by atoms with Gasteiger partial charge in [0.1, 0.15) is 11.9 Å². The zero-order chi connectivity index (χ0) is 18.1. The van der Waals surface area contributed by atoms with Gasteiger partial charge in [-0.1, -0.05) is 5.16 Å². The van der Waals surface area contributed by atoms with E-state index in [1.807, 2.05) is 24.2 Å². The zero-order valence-corrected chi connectivity index (χ0v) is 15.4. The van der Waals surface area contributed by atoms with Crippen LogP contribution in [0.4, 0.5) is 4.79 Å². The van der Waals surface area contributed by atoms with E-state index in [0.29, 0.717) is 18.3 Å². The molecule has 1 atom stereocenters. The number of urea groups is 1. The monoisotopic (exact) mass is 358 g/mol. The number of nitrogens with zero attached hydrogens (tertiary/aromatic N) is 5. The van der Waals surface area contributed by atoms with Gasteiger partial charge in [-0.25, -0.2) is 9.78 Å². The molecule has 4 rings (SSSR count). The minimum Gasteiger partial charge on any atom is -0.337 e. The number of imidazole rings is 1. The summed E-state index contributed by atoms with van der Waals surface area (Å²) in [5, 5.41) is 7.03. The Balaban J connectivity index is 1.38. The summed E-state index contributed by atoms with van der Waals surface area (Å²) in [4.78, 5) is 23.3. The topological polar surface area (TPSA) is 89.1 Å². The summed E-state index contributed by atoms with van der Waals surface area (Å²) < 4.78 is 7.50. The molecule has 2 amide bonds. The van der Waals surface area contributed by atoms with E-state index in [1.165, 1.54) is 0 Å². The lowest BCUT2D eigenvalue weighted by Gasteiger charge is -2.34. The molecule has 0 bridgehead atoms. The predicted molar refractivity (Wildman–Crippen MR) is 94.4 cm³/mol. The SMILES string of the molecule is Cc1noc([C@H]2CCCCN2C(=O)NCC2(Cn3ccnc3C)CC2)n1. The highest BCUT2D eigenvalue weighted by atomic mass is 16.5. The van der Waals surface area contributed by atoms with Gasteiger partial charge in [-0.2, -0.15) is 4.98 Å². The van der Waals surface area contributed by atoms with Crippen molar-refractivity contribution in [2.45, 2.75) is 58.5 Å². The fraction of sp³-hybridized carbons (Fsp3) is 0.667. The Hall–Kier alpha value is -2.38. The van der Waals surface area contributed by atoms with Crippen LogP contribution < -0.4 is 5.32 Å². The molecule has 1 N–H and O–H groups in total. The second-order valence-corrected chi connectivity index (χ2v) is 7.65. The average Bonchev–Trinajstić information content (AvgIpc) is 3.08. The van der Waals surface area contributed by atoms with Gasteiger partial charge in [0.15, 0.2) is 5.82 Å². The van der Waals surface area contributed by atoms with Gasteiger partial charge in [0.05, 0.1) is 0 Å². The molecule has 140 valence electrons. The molecule has 2 aliphatic rings. The molecule has 1 aliphatic heterocycles. The number of piperidine rings is 1. The van der Waals surface area contributed by atoms with Crippen molar-refractivity contribution in [3.05, 3.63) is 29.9 Å². The third-order valence-electron chi connectivity index (χ3n) is 5.59. The third-order valence-corrected chi connectivity index (χ3v) is 5.59. The smallest absolute Gasteiger partial charge is 0.318 e. The molecule has 0 unspecified atom stereocenters. The summed E-state index contributed by atoms with van der Waals surface area (Å²) in [6.45, 7) is 6.14. The Morgan fingerprint density at radius 3 is 2.88 bits per heavy atom. The Morgan fingerprint density at radius 1 is 1.38 bits per heavy atom. The van der Waals surface area contributed by atoms with Crippen LogP contribution in [0.1, 0.15) is 55.7 Å². The minimum absolute atomic E-state index is 0.0285. The van der Waals surface area contributed by atoms with Crippen LogP contribution in [0.2, 0.25) is 0 Å². The van der Waals surface area contributed by atoms with E-state index >= 15 is 0 Å². The predicted octanol–water partition coefficient (Wildman–Crippen LogP) is 2.60. The number of hydrogen-bond donors (Lipinski definition) is 1. The van der Waals surface area contributed by atoms with Crippen LogP contribution in [0, 0.1) is 19.3 Å². The lowest BCUT2D eigenvalue weighted by molar-refractivity contribution is 0.130. The second kappa shape index (κ2) is 6.74. The highest BCUT2D eigenvalue weighted by Gasteiger charge is 2.44. The maximum Gasteiger partial charge on any atom is 0.318 e. The second-order valence-electron chi connectivity index (χ2n) is 7.65. The van der Waals surface area contributed by atoms with E-state index in [0.717, 1.165) is 51.0 Å². The molecule has 1 saturated carbocycles. The van der Waals surface area contributed by atoms with E-state index in [2.05, 4.69) is 25.0 Å². The maximum atomic E-state index is 12.8. The summed E-state index contributed by atoms with van der Waals surface area (Å²) in [6, 6.07) is -0.143. The first-order valence-corrected chi connectivity index (χ1v) is 9.39. The van der Waals surface area contributed by atoms with Crippen molar-refractivity contribution in [2.75, 3.05) is 13.1 Å². The third kappa shape index (κ3) is 3.45. The summed E-state index contributed by atoms with van der Waals surface area (Å²) in [5.74, 6) is 2.18. The van der Waals surface area contributed by atoms with Gasteiger partial charge in [-0.3, -0.25) is 0 Å². The van der Waals surface area contributed by atoms with Crippen LogP contribution in [0.25, 0.3) is 0 Å². The molecule has 0 spiro atoms. The van der Waals surface area contributed by atoms with Crippen molar-refractivity contribution in [2.24, 2.45) is 5.41 Å². The van der Waals surface area contributed by atoms with Crippen molar-refractivity contribution >= 4 is 6.03 Å². The van der Waals surface area contributed by atoms with E-state index in [4.69, 9.17) is 4.52 Å². The van der Waals surface area contributed by atoms with Crippen molar-refractivity contribution in [1.29, 1.82) is 0 Å². The number of carbonyl (C=O) groups is 1. The van der Waals surface area contributed by atoms with Crippen LogP contribution in [0.5, 0.6) is 0 Å². The van der Waals surface area contributed by atoms with E-state index in [-0.39, 0.29) is 17.5 Å². The number of rotatable bonds is 5. The number of nitrogens with one attached hydrogen (secondary N) is 1. The van der Waals surface area contributed by atoms with Crippen LogP contribution in [0.3, 0.4) is 0 Å². The summed E-state index contributed by atoms with van der Waals surface area (Å²) in [5.41, 5.74) is 0.160. The molecule has 8 heteroatoms. The Morgan fingerprint density at radius 2 is 2.23 bits per heavy atom. The number of aromatic nitrogens is 4. The van der Waals surface area contributed by atoms with Crippen LogP contribution in [-0.2, 0) is 6.54 Å². The van der Waals surface area contributed by atoms with E-state index < -0.39 is 0 Å². The fourth-order valence-electron chi connectivity index (χ4n) is 3.74. The van der Waals surface area contributed by atoms with Crippen molar-refractivity contribution in [3.8, 4) is 0 Å². The van der Waals surface area contributed by atoms with Gasteiger partial charge in [0.25, 0.3) is 0 Å². The van der Waals surface area contributed by atoms with E-state index in [1.54, 1.807) is 6.92 Å². The molecular weight excluding hydrogens is 332 g/mol. The summed E-state index contributed by atoms with van der Waals surface area (Å²) in [6.07, 6.45) is 9.06. The normalized spacial score (nSPS) is 21.6. The van der Waals surface area contributed by atoms with Gasteiger partial charge >= 0.3 is 6.03 Å². The zero-order valence-electron chi connectivity index (χ0n) is 15.4. The number of amides is 2. The van der Waals surface area contributed by atoms with Crippen molar-refractivity contribution in [3.63, 3.8) is 0 Å². The highest BCUT2D eigenvalue weighted by Crippen LogP contribution is 2.46. The maximum absolute atomic E-state index is 12.8. The van der Waals surface area contributed by atoms with Gasteiger partial charge < -0.3 is 19.3 Å². The Bertz CT molecular complexity index is 778. The molecule has 2 aromatic rings. The van der Waals surface area contributed by atoms with Crippen LogP contribution in [-0.4, -0.2) is 43.7 Å². The quantitative estimate of drug-likeness (QED) is 0.887. The molecular formula is C18H26N6O2. The van der Waals surface area contributed by atoms with Gasteiger partial charge in [0.2, 0.25) is 5.89 Å². The number of carbonyl (C=O) groups excluding carboxylic acids is 1. The molecule has 0 aromatic carbocycles. The van der Waals surface area contributed by atoms with Crippen molar-refractivity contribution in [1.82, 2.24) is 29.9 Å². The largest absolute Gasteiger partial charge is 0.337 e. The molecule has 1 aliphatic carbocycles. The van der Waals surface area contributed by atoms with Crippen LogP contribution in [0.15, 0.2) is 16.9 Å². The standard InChI is InChI=1S/C18H26N6O2/c1-13-21-16(26-22-13)15-5-3-4-9-24(15)17(25)20-11-18(6-7-18)12-23-10-8-19-14(23)2/h8,10,15H,3-7,9,11-12H2,1-2H3,(H,20,25)/t15-/m1/s1. The molecule has 26 heavy (non-hydrogen) atoms. The summed E-state index contributed by atoms with van der Waals surface area (Å²) >= 11 is 0. The van der Waals surface area contributed by atoms with Crippen molar-refractivity contribution < 1.29 is 9.32 Å². The average molecular weight is 358 g/mol. The molecule has 0 radical (unpaired) electrons. The molecule has 1 saturated heterocycles. The van der Waals surface area contributed by atoms with Gasteiger partial charge in [0, 0.05) is 37.4 Å².